The van der Waals surface area contributed by atoms with Crippen molar-refractivity contribution < 1.29 is 4.79 Å². The lowest BCUT2D eigenvalue weighted by atomic mass is 10.1. The number of amides is 1. The zero-order valence-electron chi connectivity index (χ0n) is 13.8. The monoisotopic (exact) mass is 372 g/mol. The number of halogens is 1. The fourth-order valence-electron chi connectivity index (χ4n) is 3.14. The predicted molar refractivity (Wildman–Crippen MR) is 102 cm³/mol. The van der Waals surface area contributed by atoms with E-state index in [4.69, 9.17) is 11.6 Å². The average Bonchev–Trinajstić information content (AvgIpc) is 3.02. The van der Waals surface area contributed by atoms with Crippen molar-refractivity contribution in [3.05, 3.63) is 52.1 Å². The minimum atomic E-state index is -0.00976. The number of anilines is 1. The molecule has 7 heteroatoms. The number of hydrogen-bond donors (Lipinski definition) is 0. The van der Waals surface area contributed by atoms with Gasteiger partial charge < -0.3 is 9.80 Å². The molecule has 0 atom stereocenters. The molecule has 0 unspecified atom stereocenters. The Balaban J connectivity index is 1.51. The fourth-order valence-corrected chi connectivity index (χ4v) is 4.20. The first-order chi connectivity index (χ1) is 12.1. The van der Waals surface area contributed by atoms with Crippen LogP contribution in [0.25, 0.3) is 10.2 Å². The lowest BCUT2D eigenvalue weighted by Gasteiger charge is -2.35. The molecule has 1 saturated heterocycles. The van der Waals surface area contributed by atoms with E-state index in [0.29, 0.717) is 23.7 Å². The van der Waals surface area contributed by atoms with E-state index in [-0.39, 0.29) is 5.91 Å². The Morgan fingerprint density at radius 3 is 2.68 bits per heavy atom. The van der Waals surface area contributed by atoms with Gasteiger partial charge >= 0.3 is 0 Å². The van der Waals surface area contributed by atoms with Crippen LogP contribution < -0.4 is 4.90 Å². The van der Waals surface area contributed by atoms with Crippen molar-refractivity contribution in [2.24, 2.45) is 0 Å². The van der Waals surface area contributed by atoms with Crippen molar-refractivity contribution in [1.82, 2.24) is 14.9 Å². The number of fused-ring (bicyclic) bond motifs is 1. The second-order valence-corrected chi connectivity index (χ2v) is 7.67. The topological polar surface area (TPSA) is 49.3 Å². The summed E-state index contributed by atoms with van der Waals surface area (Å²) in [7, 11) is 0. The van der Waals surface area contributed by atoms with Gasteiger partial charge in [0.2, 0.25) is 0 Å². The molecule has 128 valence electrons. The van der Waals surface area contributed by atoms with Gasteiger partial charge in [-0.2, -0.15) is 0 Å². The minimum absolute atomic E-state index is 0.00976. The molecule has 0 spiro atoms. The molecule has 0 N–H and O–H groups in total. The van der Waals surface area contributed by atoms with Gasteiger partial charge in [-0.25, -0.2) is 9.97 Å². The van der Waals surface area contributed by atoms with E-state index >= 15 is 0 Å². The van der Waals surface area contributed by atoms with Crippen molar-refractivity contribution in [2.45, 2.75) is 6.92 Å². The van der Waals surface area contributed by atoms with Crippen LogP contribution in [0.1, 0.15) is 15.2 Å². The van der Waals surface area contributed by atoms with E-state index in [0.717, 1.165) is 29.1 Å². The zero-order valence-corrected chi connectivity index (χ0v) is 15.3. The molecule has 0 saturated carbocycles. The Labute approximate surface area is 154 Å². The number of benzene rings is 1. The third kappa shape index (κ3) is 3.07. The summed E-state index contributed by atoms with van der Waals surface area (Å²) in [6, 6.07) is 9.34. The quantitative estimate of drug-likeness (QED) is 0.689. The molecule has 1 aliphatic heterocycles. The molecule has 3 aromatic rings. The fraction of sp³-hybridized carbons (Fsp3) is 0.278. The number of hydrogen-bond acceptors (Lipinski definition) is 5. The summed E-state index contributed by atoms with van der Waals surface area (Å²) in [5.74, 6) is 0.948. The first-order valence-corrected chi connectivity index (χ1v) is 9.33. The minimum Gasteiger partial charge on any atom is -0.352 e. The third-order valence-corrected chi connectivity index (χ3v) is 5.69. The van der Waals surface area contributed by atoms with Crippen LogP contribution in [-0.2, 0) is 0 Å². The number of thiophene rings is 1. The van der Waals surface area contributed by atoms with Crippen LogP contribution in [0.15, 0.2) is 36.7 Å². The van der Waals surface area contributed by atoms with Crippen LogP contribution in [0.5, 0.6) is 0 Å². The van der Waals surface area contributed by atoms with Crippen LogP contribution in [0, 0.1) is 6.92 Å². The van der Waals surface area contributed by atoms with E-state index < -0.39 is 0 Å². The molecular formula is C18H17ClN4OS. The molecule has 1 aliphatic rings. The number of rotatable bonds is 2. The largest absolute Gasteiger partial charge is 0.352 e. The Bertz CT molecular complexity index is 934. The molecule has 25 heavy (non-hydrogen) atoms. The summed E-state index contributed by atoms with van der Waals surface area (Å²) in [6.45, 7) is 4.88. The lowest BCUT2D eigenvalue weighted by Crippen LogP contribution is -2.49. The maximum absolute atomic E-state index is 12.7. The molecule has 1 fully saturated rings. The number of carbonyl (C=O) groups excluding carboxylic acids is 1. The number of aryl methyl sites for hydroxylation is 1. The molecule has 4 rings (SSSR count). The summed E-state index contributed by atoms with van der Waals surface area (Å²) in [4.78, 5) is 27.8. The Morgan fingerprint density at radius 2 is 1.92 bits per heavy atom. The highest BCUT2D eigenvalue weighted by molar-refractivity contribution is 7.18. The Hall–Kier alpha value is -2.18. The van der Waals surface area contributed by atoms with Gasteiger partial charge in [0.15, 0.2) is 0 Å². The normalized spacial score (nSPS) is 15.0. The smallest absolute Gasteiger partial charge is 0.255 e. The van der Waals surface area contributed by atoms with Gasteiger partial charge in [-0.3, -0.25) is 4.79 Å². The number of nitrogens with zero attached hydrogens (tertiary/aromatic N) is 4. The summed E-state index contributed by atoms with van der Waals surface area (Å²) >= 11 is 7.83. The average molecular weight is 373 g/mol. The SMILES string of the molecule is Cc1cc2c(N3CCN(C(=O)c4ccccc4Cl)CC3)ncnc2s1. The van der Waals surface area contributed by atoms with E-state index in [1.807, 2.05) is 17.0 Å². The van der Waals surface area contributed by atoms with Gasteiger partial charge in [0.25, 0.3) is 5.91 Å². The molecule has 0 aliphatic carbocycles. The molecule has 2 aromatic heterocycles. The van der Waals surface area contributed by atoms with Crippen molar-refractivity contribution in [1.29, 1.82) is 0 Å². The van der Waals surface area contributed by atoms with E-state index in [1.165, 1.54) is 4.88 Å². The molecule has 0 radical (unpaired) electrons. The van der Waals surface area contributed by atoms with Crippen LogP contribution in [0.2, 0.25) is 5.02 Å². The third-order valence-electron chi connectivity index (χ3n) is 4.40. The molecule has 1 aromatic carbocycles. The van der Waals surface area contributed by atoms with Gasteiger partial charge in [-0.15, -0.1) is 11.3 Å². The highest BCUT2D eigenvalue weighted by Gasteiger charge is 2.25. The van der Waals surface area contributed by atoms with Gasteiger partial charge in [-0.1, -0.05) is 23.7 Å². The number of aromatic nitrogens is 2. The highest BCUT2D eigenvalue weighted by Crippen LogP contribution is 2.30. The van der Waals surface area contributed by atoms with Gasteiger partial charge in [0.1, 0.15) is 17.0 Å². The maximum atomic E-state index is 12.7. The lowest BCUT2D eigenvalue weighted by molar-refractivity contribution is 0.0747. The summed E-state index contributed by atoms with van der Waals surface area (Å²) in [5, 5.41) is 1.59. The highest BCUT2D eigenvalue weighted by atomic mass is 35.5. The molecule has 3 heterocycles. The summed E-state index contributed by atoms with van der Waals surface area (Å²) < 4.78 is 0. The first kappa shape index (κ1) is 16.3. The molecule has 1 amide bonds. The molecule has 5 nitrogen and oxygen atoms in total. The first-order valence-electron chi connectivity index (χ1n) is 8.13. The zero-order chi connectivity index (χ0) is 17.4. The predicted octanol–water partition coefficient (Wildman–Crippen LogP) is 3.62. The second-order valence-electron chi connectivity index (χ2n) is 6.03. The maximum Gasteiger partial charge on any atom is 0.255 e. The van der Waals surface area contributed by atoms with Crippen LogP contribution in [0.4, 0.5) is 5.82 Å². The van der Waals surface area contributed by atoms with Gasteiger partial charge in [-0.05, 0) is 25.1 Å². The van der Waals surface area contributed by atoms with Crippen LogP contribution in [-0.4, -0.2) is 47.0 Å². The van der Waals surface area contributed by atoms with E-state index in [2.05, 4.69) is 27.9 Å². The number of carbonyl (C=O) groups is 1. The van der Waals surface area contributed by atoms with Crippen LogP contribution >= 0.6 is 22.9 Å². The van der Waals surface area contributed by atoms with E-state index in [1.54, 1.807) is 29.8 Å². The van der Waals surface area contributed by atoms with Crippen molar-refractivity contribution in [3.8, 4) is 0 Å². The van der Waals surface area contributed by atoms with Crippen molar-refractivity contribution >= 4 is 44.9 Å². The van der Waals surface area contributed by atoms with E-state index in [9.17, 15) is 4.79 Å². The summed E-state index contributed by atoms with van der Waals surface area (Å²) in [6.07, 6.45) is 1.62. The van der Waals surface area contributed by atoms with Gasteiger partial charge in [0, 0.05) is 31.1 Å². The summed E-state index contributed by atoms with van der Waals surface area (Å²) in [5.41, 5.74) is 0.565. The Kier molecular flexibility index (Phi) is 4.31. The van der Waals surface area contributed by atoms with Crippen molar-refractivity contribution in [3.63, 3.8) is 0 Å². The molecule has 0 bridgehead atoms. The van der Waals surface area contributed by atoms with Gasteiger partial charge in [0.05, 0.1) is 16.0 Å². The number of piperazine rings is 1. The van der Waals surface area contributed by atoms with Crippen LogP contribution in [0.3, 0.4) is 0 Å². The second kappa shape index (κ2) is 6.61. The van der Waals surface area contributed by atoms with Crippen molar-refractivity contribution in [2.75, 3.05) is 31.1 Å². The molecular weight excluding hydrogens is 356 g/mol. The Morgan fingerprint density at radius 1 is 1.16 bits per heavy atom. The standard InChI is InChI=1S/C18H17ClN4OS/c1-12-10-14-16(20-11-21-17(14)25-12)22-6-8-23(9-7-22)18(24)13-4-2-3-5-15(13)19/h2-5,10-11H,6-9H2,1H3.